The number of para-hydroxylation sites is 1. The second-order valence-corrected chi connectivity index (χ2v) is 4.54. The van der Waals surface area contributed by atoms with E-state index in [1.54, 1.807) is 4.90 Å². The molecule has 2 rings (SSSR count). The van der Waals surface area contributed by atoms with Crippen LogP contribution in [-0.2, 0) is 4.79 Å². The molecule has 0 spiro atoms. The minimum Gasteiger partial charge on any atom is -0.397 e. The predicted octanol–water partition coefficient (Wildman–Crippen LogP) is 1.83. The van der Waals surface area contributed by atoms with Gasteiger partial charge in [0, 0.05) is 6.54 Å². The van der Waals surface area contributed by atoms with Gasteiger partial charge >= 0.3 is 0 Å². The van der Waals surface area contributed by atoms with Crippen molar-refractivity contribution in [1.82, 2.24) is 0 Å². The van der Waals surface area contributed by atoms with E-state index in [4.69, 9.17) is 5.73 Å². The molecule has 0 saturated carbocycles. The standard InChI is InChI=1S/C12H17N3O/c1-4-15-10-8(13)6-5-7-9(10)14-12(2,3)11(15)16/h5-7,14H,4,13H2,1-3H3. The third kappa shape index (κ3) is 1.41. The Morgan fingerprint density at radius 1 is 1.44 bits per heavy atom. The Kier molecular flexibility index (Phi) is 2.30. The highest BCUT2D eigenvalue weighted by Crippen LogP contribution is 2.39. The Morgan fingerprint density at radius 2 is 2.12 bits per heavy atom. The van der Waals surface area contributed by atoms with E-state index in [0.717, 1.165) is 11.4 Å². The lowest BCUT2D eigenvalue weighted by Crippen LogP contribution is -2.54. The number of nitrogens with two attached hydrogens (primary N) is 1. The molecule has 4 nitrogen and oxygen atoms in total. The molecule has 0 radical (unpaired) electrons. The maximum Gasteiger partial charge on any atom is 0.252 e. The average molecular weight is 219 g/mol. The summed E-state index contributed by atoms with van der Waals surface area (Å²) in [5.74, 6) is 0.0559. The third-order valence-corrected chi connectivity index (χ3v) is 2.88. The molecule has 0 saturated heterocycles. The highest BCUT2D eigenvalue weighted by molar-refractivity contribution is 6.09. The number of likely N-dealkylation sites (N-methyl/N-ethyl adjacent to an activating group) is 1. The molecule has 1 aromatic carbocycles. The summed E-state index contributed by atoms with van der Waals surface area (Å²) in [4.78, 5) is 13.9. The zero-order valence-electron chi connectivity index (χ0n) is 9.87. The van der Waals surface area contributed by atoms with Crippen LogP contribution in [0.25, 0.3) is 0 Å². The van der Waals surface area contributed by atoms with E-state index in [1.165, 1.54) is 0 Å². The Hall–Kier alpha value is -1.71. The molecule has 0 fully saturated rings. The van der Waals surface area contributed by atoms with Crippen LogP contribution in [0.5, 0.6) is 0 Å². The summed E-state index contributed by atoms with van der Waals surface area (Å²) < 4.78 is 0. The summed E-state index contributed by atoms with van der Waals surface area (Å²) in [5.41, 5.74) is 7.71. The molecule has 1 aliphatic heterocycles. The molecule has 1 heterocycles. The molecule has 86 valence electrons. The van der Waals surface area contributed by atoms with Gasteiger partial charge in [-0.2, -0.15) is 0 Å². The smallest absolute Gasteiger partial charge is 0.252 e. The van der Waals surface area contributed by atoms with Crippen molar-refractivity contribution >= 4 is 23.0 Å². The van der Waals surface area contributed by atoms with Crippen molar-refractivity contribution in [1.29, 1.82) is 0 Å². The molecule has 0 bridgehead atoms. The number of fused-ring (bicyclic) bond motifs is 1. The van der Waals surface area contributed by atoms with Crippen LogP contribution < -0.4 is 16.0 Å². The number of hydrogen-bond acceptors (Lipinski definition) is 3. The number of benzene rings is 1. The molecule has 0 atom stereocenters. The fourth-order valence-electron chi connectivity index (χ4n) is 2.09. The van der Waals surface area contributed by atoms with Gasteiger partial charge in [0.1, 0.15) is 5.54 Å². The first kappa shape index (κ1) is 10.8. The summed E-state index contributed by atoms with van der Waals surface area (Å²) in [6.45, 7) is 6.34. The lowest BCUT2D eigenvalue weighted by atomic mass is 9.97. The van der Waals surface area contributed by atoms with E-state index in [2.05, 4.69) is 5.32 Å². The van der Waals surface area contributed by atoms with Gasteiger partial charge in [-0.1, -0.05) is 6.07 Å². The highest BCUT2D eigenvalue weighted by Gasteiger charge is 2.38. The monoisotopic (exact) mass is 219 g/mol. The van der Waals surface area contributed by atoms with E-state index in [1.807, 2.05) is 39.0 Å². The topological polar surface area (TPSA) is 58.4 Å². The molecule has 1 aliphatic rings. The van der Waals surface area contributed by atoms with Crippen molar-refractivity contribution in [3.05, 3.63) is 18.2 Å². The lowest BCUT2D eigenvalue weighted by molar-refractivity contribution is -0.122. The number of rotatable bonds is 1. The van der Waals surface area contributed by atoms with Crippen LogP contribution >= 0.6 is 0 Å². The maximum atomic E-state index is 12.2. The van der Waals surface area contributed by atoms with Crippen LogP contribution in [0, 0.1) is 0 Å². The van der Waals surface area contributed by atoms with Gasteiger partial charge in [-0.05, 0) is 32.9 Å². The number of nitrogen functional groups attached to an aromatic ring is 1. The maximum absolute atomic E-state index is 12.2. The first-order chi connectivity index (χ1) is 7.47. The number of nitrogens with one attached hydrogen (secondary N) is 1. The molecule has 16 heavy (non-hydrogen) atoms. The second-order valence-electron chi connectivity index (χ2n) is 4.54. The van der Waals surface area contributed by atoms with Crippen molar-refractivity contribution in [2.24, 2.45) is 0 Å². The van der Waals surface area contributed by atoms with Crippen LogP contribution in [0.1, 0.15) is 20.8 Å². The van der Waals surface area contributed by atoms with Gasteiger partial charge < -0.3 is 16.0 Å². The average Bonchev–Trinajstić information content (AvgIpc) is 2.21. The Morgan fingerprint density at radius 3 is 2.75 bits per heavy atom. The summed E-state index contributed by atoms with van der Waals surface area (Å²) in [6, 6.07) is 5.65. The Bertz CT molecular complexity index is 440. The van der Waals surface area contributed by atoms with E-state index < -0.39 is 5.54 Å². The zero-order chi connectivity index (χ0) is 11.9. The fraction of sp³-hybridized carbons (Fsp3) is 0.417. The van der Waals surface area contributed by atoms with Crippen LogP contribution in [0.2, 0.25) is 0 Å². The quantitative estimate of drug-likeness (QED) is 0.708. The van der Waals surface area contributed by atoms with Crippen LogP contribution in [0.3, 0.4) is 0 Å². The first-order valence-corrected chi connectivity index (χ1v) is 5.46. The van der Waals surface area contributed by atoms with Crippen molar-refractivity contribution in [3.8, 4) is 0 Å². The van der Waals surface area contributed by atoms with Gasteiger partial charge in [0.05, 0.1) is 17.1 Å². The van der Waals surface area contributed by atoms with Crippen molar-refractivity contribution < 1.29 is 4.79 Å². The summed E-state index contributed by atoms with van der Waals surface area (Å²) in [6.07, 6.45) is 0. The summed E-state index contributed by atoms with van der Waals surface area (Å²) >= 11 is 0. The van der Waals surface area contributed by atoms with E-state index in [-0.39, 0.29) is 5.91 Å². The molecule has 3 N–H and O–H groups in total. The van der Waals surface area contributed by atoms with Crippen molar-refractivity contribution in [2.75, 3.05) is 22.5 Å². The zero-order valence-corrected chi connectivity index (χ0v) is 9.87. The number of amides is 1. The van der Waals surface area contributed by atoms with Crippen LogP contribution in [0.4, 0.5) is 17.1 Å². The van der Waals surface area contributed by atoms with Crippen molar-refractivity contribution in [2.45, 2.75) is 26.3 Å². The van der Waals surface area contributed by atoms with Gasteiger partial charge in [0.25, 0.3) is 5.91 Å². The SMILES string of the molecule is CCN1C(=O)C(C)(C)Nc2cccc(N)c21. The van der Waals surface area contributed by atoms with Gasteiger partial charge in [0.15, 0.2) is 0 Å². The normalized spacial score (nSPS) is 17.9. The molecule has 1 amide bonds. The number of anilines is 3. The number of carbonyl (C=O) groups is 1. The minimum atomic E-state index is -0.573. The van der Waals surface area contributed by atoms with Gasteiger partial charge in [-0.3, -0.25) is 4.79 Å². The summed E-state index contributed by atoms with van der Waals surface area (Å²) in [5, 5.41) is 3.22. The van der Waals surface area contributed by atoms with E-state index >= 15 is 0 Å². The van der Waals surface area contributed by atoms with Gasteiger partial charge in [0.2, 0.25) is 0 Å². The minimum absolute atomic E-state index is 0.0559. The van der Waals surface area contributed by atoms with Crippen LogP contribution in [-0.4, -0.2) is 18.0 Å². The lowest BCUT2D eigenvalue weighted by Gasteiger charge is -2.40. The van der Waals surface area contributed by atoms with E-state index in [9.17, 15) is 4.79 Å². The largest absolute Gasteiger partial charge is 0.397 e. The molecule has 1 aromatic rings. The fourth-order valence-corrected chi connectivity index (χ4v) is 2.09. The molecule has 4 heteroatoms. The predicted molar refractivity (Wildman–Crippen MR) is 66.6 cm³/mol. The molecule has 0 aromatic heterocycles. The van der Waals surface area contributed by atoms with E-state index in [0.29, 0.717) is 12.2 Å². The Labute approximate surface area is 95.4 Å². The molecular formula is C12H17N3O. The number of hydrogen-bond donors (Lipinski definition) is 2. The van der Waals surface area contributed by atoms with Gasteiger partial charge in [-0.15, -0.1) is 0 Å². The third-order valence-electron chi connectivity index (χ3n) is 2.88. The number of nitrogens with zero attached hydrogens (tertiary/aromatic N) is 1. The van der Waals surface area contributed by atoms with Crippen LogP contribution in [0.15, 0.2) is 18.2 Å². The highest BCUT2D eigenvalue weighted by atomic mass is 16.2. The number of carbonyl (C=O) groups excluding carboxylic acids is 1. The summed E-state index contributed by atoms with van der Waals surface area (Å²) in [7, 11) is 0. The van der Waals surface area contributed by atoms with Crippen molar-refractivity contribution in [3.63, 3.8) is 0 Å². The first-order valence-electron chi connectivity index (χ1n) is 5.46. The Balaban J connectivity index is 2.61. The molecular weight excluding hydrogens is 202 g/mol. The van der Waals surface area contributed by atoms with Gasteiger partial charge in [-0.25, -0.2) is 0 Å². The molecule has 0 aliphatic carbocycles. The molecule has 0 unspecified atom stereocenters. The second kappa shape index (κ2) is 3.40.